The van der Waals surface area contributed by atoms with E-state index in [1.54, 1.807) is 0 Å². The first-order valence-electron chi connectivity index (χ1n) is 4.11. The molecule has 0 saturated carbocycles. The van der Waals surface area contributed by atoms with Gasteiger partial charge in [-0.2, -0.15) is 8.42 Å². The SMILES string of the molecule is O=S(=O)(Cl)/N=C1/OC2C=CC=CC1C2. The lowest BCUT2D eigenvalue weighted by molar-refractivity contribution is 0.269. The van der Waals surface area contributed by atoms with E-state index in [2.05, 4.69) is 4.40 Å². The van der Waals surface area contributed by atoms with Gasteiger partial charge in [0.05, 0.1) is 5.92 Å². The second kappa shape index (κ2) is 3.40. The molecule has 0 aromatic rings. The van der Waals surface area contributed by atoms with Gasteiger partial charge in [-0.05, 0) is 6.08 Å². The molecule has 2 rings (SSSR count). The van der Waals surface area contributed by atoms with Crippen molar-refractivity contribution in [3.8, 4) is 0 Å². The predicted molar refractivity (Wildman–Crippen MR) is 53.5 cm³/mol. The number of halogens is 1. The zero-order valence-electron chi connectivity index (χ0n) is 7.13. The fourth-order valence-corrected chi connectivity index (χ4v) is 2.10. The molecule has 2 bridgehead atoms. The Balaban J connectivity index is 2.30. The van der Waals surface area contributed by atoms with Gasteiger partial charge in [-0.15, -0.1) is 4.40 Å². The lowest BCUT2D eigenvalue weighted by Crippen LogP contribution is -2.08. The van der Waals surface area contributed by atoms with Crippen LogP contribution >= 0.6 is 10.7 Å². The van der Waals surface area contributed by atoms with Crippen molar-refractivity contribution >= 4 is 25.8 Å². The molecule has 0 aromatic heterocycles. The Bertz CT molecular complexity index is 424. The molecule has 0 aromatic carbocycles. The Morgan fingerprint density at radius 2 is 2.14 bits per heavy atom. The average molecular weight is 234 g/mol. The molecule has 1 aliphatic heterocycles. The van der Waals surface area contributed by atoms with Gasteiger partial charge in [-0.25, -0.2) is 0 Å². The predicted octanol–water partition coefficient (Wildman–Crippen LogP) is 1.40. The molecule has 0 amide bonds. The van der Waals surface area contributed by atoms with Gasteiger partial charge in [-0.3, -0.25) is 0 Å². The molecule has 1 saturated heterocycles. The highest BCUT2D eigenvalue weighted by Gasteiger charge is 2.31. The lowest BCUT2D eigenvalue weighted by Gasteiger charge is -2.04. The third-order valence-electron chi connectivity index (χ3n) is 2.05. The van der Waals surface area contributed by atoms with Crippen LogP contribution in [0, 0.1) is 5.92 Å². The number of nitrogens with zero attached hydrogens (tertiary/aromatic N) is 1. The fourth-order valence-electron chi connectivity index (χ4n) is 1.50. The smallest absolute Gasteiger partial charge is 0.342 e. The number of ether oxygens (including phenoxy) is 1. The van der Waals surface area contributed by atoms with Crippen molar-refractivity contribution in [1.82, 2.24) is 0 Å². The van der Waals surface area contributed by atoms with E-state index in [1.807, 2.05) is 24.3 Å². The van der Waals surface area contributed by atoms with Crippen molar-refractivity contribution in [2.24, 2.45) is 10.3 Å². The Labute approximate surface area is 86.5 Å². The van der Waals surface area contributed by atoms with Crippen molar-refractivity contribution in [1.29, 1.82) is 0 Å². The molecule has 2 aliphatic rings. The van der Waals surface area contributed by atoms with Crippen LogP contribution in [0.1, 0.15) is 6.42 Å². The van der Waals surface area contributed by atoms with Crippen LogP contribution in [-0.2, 0) is 14.0 Å². The molecule has 14 heavy (non-hydrogen) atoms. The maximum Gasteiger partial charge on any atom is 0.342 e. The van der Waals surface area contributed by atoms with Gasteiger partial charge in [0, 0.05) is 17.1 Å². The zero-order valence-corrected chi connectivity index (χ0v) is 8.70. The van der Waals surface area contributed by atoms with Crippen LogP contribution in [0.15, 0.2) is 28.7 Å². The number of rotatable bonds is 1. The van der Waals surface area contributed by atoms with Crippen LogP contribution in [-0.4, -0.2) is 20.4 Å². The van der Waals surface area contributed by atoms with E-state index < -0.39 is 9.24 Å². The summed E-state index contributed by atoms with van der Waals surface area (Å²) in [6.45, 7) is 0. The fraction of sp³-hybridized carbons (Fsp3) is 0.375. The largest absolute Gasteiger partial charge is 0.472 e. The molecule has 0 N–H and O–H groups in total. The van der Waals surface area contributed by atoms with Crippen LogP contribution in [0.5, 0.6) is 0 Å². The van der Waals surface area contributed by atoms with Gasteiger partial charge in [-0.1, -0.05) is 18.2 Å². The van der Waals surface area contributed by atoms with Crippen molar-refractivity contribution < 1.29 is 13.2 Å². The summed E-state index contributed by atoms with van der Waals surface area (Å²) in [5, 5.41) is 0. The minimum Gasteiger partial charge on any atom is -0.472 e. The number of allylic oxidation sites excluding steroid dienone is 2. The molecule has 2 atom stereocenters. The summed E-state index contributed by atoms with van der Waals surface area (Å²) in [5.74, 6) is 0.106. The summed E-state index contributed by atoms with van der Waals surface area (Å²) >= 11 is 0. The van der Waals surface area contributed by atoms with Gasteiger partial charge >= 0.3 is 9.24 Å². The molecule has 6 heteroatoms. The van der Waals surface area contributed by atoms with E-state index >= 15 is 0 Å². The minimum absolute atomic E-state index is 0.0801. The highest BCUT2D eigenvalue weighted by molar-refractivity contribution is 8.12. The van der Waals surface area contributed by atoms with Gasteiger partial charge in [0.1, 0.15) is 6.10 Å². The first kappa shape index (κ1) is 9.73. The van der Waals surface area contributed by atoms with Gasteiger partial charge in [0.25, 0.3) is 0 Å². The zero-order chi connectivity index (χ0) is 10.2. The molecule has 1 heterocycles. The summed E-state index contributed by atoms with van der Waals surface area (Å²) in [6, 6.07) is 0. The number of hydrogen-bond donors (Lipinski definition) is 0. The minimum atomic E-state index is -3.88. The molecule has 1 aliphatic carbocycles. The highest BCUT2D eigenvalue weighted by atomic mass is 35.7. The van der Waals surface area contributed by atoms with Crippen LogP contribution in [0.3, 0.4) is 0 Å². The molecule has 76 valence electrons. The molecule has 4 nitrogen and oxygen atoms in total. The van der Waals surface area contributed by atoms with E-state index in [0.29, 0.717) is 0 Å². The molecular formula is C8H8ClNO3S. The first-order chi connectivity index (χ1) is 6.54. The second-order valence-electron chi connectivity index (χ2n) is 3.11. The molecule has 2 unspecified atom stereocenters. The standard InChI is InChI=1S/C8H8ClNO3S/c9-14(11,12)10-8-6-3-1-2-4-7(5-6)13-8/h1-4,6-7H,5H2/b10-8+. The van der Waals surface area contributed by atoms with E-state index in [4.69, 9.17) is 15.4 Å². The Morgan fingerprint density at radius 1 is 1.43 bits per heavy atom. The topological polar surface area (TPSA) is 55.7 Å². The Morgan fingerprint density at radius 3 is 2.86 bits per heavy atom. The average Bonchev–Trinajstić information content (AvgIpc) is 2.29. The van der Waals surface area contributed by atoms with E-state index in [-0.39, 0.29) is 17.9 Å². The highest BCUT2D eigenvalue weighted by Crippen LogP contribution is 2.27. The van der Waals surface area contributed by atoms with Gasteiger partial charge in [0.15, 0.2) is 0 Å². The van der Waals surface area contributed by atoms with Crippen LogP contribution in [0.25, 0.3) is 0 Å². The summed E-state index contributed by atoms with van der Waals surface area (Å²) in [4.78, 5) is 0. The van der Waals surface area contributed by atoms with Crippen LogP contribution < -0.4 is 0 Å². The summed E-state index contributed by atoms with van der Waals surface area (Å²) in [6.07, 6.45) is 8.06. The monoisotopic (exact) mass is 233 g/mol. The Kier molecular flexibility index (Phi) is 2.36. The summed E-state index contributed by atoms with van der Waals surface area (Å²) in [5.41, 5.74) is 0. The van der Waals surface area contributed by atoms with E-state index in [9.17, 15) is 8.42 Å². The molecule has 0 radical (unpaired) electrons. The number of fused-ring (bicyclic) bond motifs is 2. The van der Waals surface area contributed by atoms with E-state index in [1.165, 1.54) is 0 Å². The first-order valence-corrected chi connectivity index (χ1v) is 6.37. The van der Waals surface area contributed by atoms with Gasteiger partial charge < -0.3 is 4.74 Å². The quantitative estimate of drug-likeness (QED) is 0.644. The Hall–Kier alpha value is -0.810. The third kappa shape index (κ3) is 2.16. The third-order valence-corrected chi connectivity index (χ3v) is 2.66. The van der Waals surface area contributed by atoms with Crippen LogP contribution in [0.4, 0.5) is 0 Å². The molecular weight excluding hydrogens is 226 g/mol. The summed E-state index contributed by atoms with van der Waals surface area (Å²) < 4.78 is 30.1. The van der Waals surface area contributed by atoms with Crippen molar-refractivity contribution in [3.63, 3.8) is 0 Å². The molecule has 1 fully saturated rings. The van der Waals surface area contributed by atoms with Gasteiger partial charge in [0.2, 0.25) is 5.90 Å². The number of hydrogen-bond acceptors (Lipinski definition) is 3. The van der Waals surface area contributed by atoms with Crippen molar-refractivity contribution in [2.45, 2.75) is 12.5 Å². The second-order valence-corrected chi connectivity index (χ2v) is 5.29. The van der Waals surface area contributed by atoms with Crippen molar-refractivity contribution in [3.05, 3.63) is 24.3 Å². The van der Waals surface area contributed by atoms with Crippen molar-refractivity contribution in [2.75, 3.05) is 0 Å². The van der Waals surface area contributed by atoms with Crippen LogP contribution in [0.2, 0.25) is 0 Å². The summed E-state index contributed by atoms with van der Waals surface area (Å²) in [7, 11) is 1.13. The van der Waals surface area contributed by atoms with E-state index in [0.717, 1.165) is 6.42 Å². The normalized spacial score (nSPS) is 33.1. The maximum absolute atomic E-state index is 10.7. The maximum atomic E-state index is 10.7. The lowest BCUT2D eigenvalue weighted by atomic mass is 10.1. The molecule has 0 spiro atoms.